The predicted octanol–water partition coefficient (Wildman–Crippen LogP) is 4.24. The zero-order valence-electron chi connectivity index (χ0n) is 20.3. The lowest BCUT2D eigenvalue weighted by molar-refractivity contribution is 0.237. The number of benzene rings is 1. The molecular weight excluding hydrogens is 450 g/mol. The summed E-state index contributed by atoms with van der Waals surface area (Å²) >= 11 is 6.52. The van der Waals surface area contributed by atoms with Gasteiger partial charge in [0.1, 0.15) is 24.5 Å². The second kappa shape index (κ2) is 9.96. The highest BCUT2D eigenvalue weighted by Gasteiger charge is 2.25. The number of H-pyrrole nitrogens is 1. The van der Waals surface area contributed by atoms with Crippen molar-refractivity contribution in [3.8, 4) is 5.75 Å². The molecule has 9 heteroatoms. The van der Waals surface area contributed by atoms with E-state index in [0.717, 1.165) is 77.3 Å². The Morgan fingerprint density at radius 2 is 1.76 bits per heavy atom. The van der Waals surface area contributed by atoms with Crippen molar-refractivity contribution in [3.05, 3.63) is 34.7 Å². The van der Waals surface area contributed by atoms with Crippen LogP contribution in [0.1, 0.15) is 43.9 Å². The number of ether oxygens (including phenoxy) is 1. The molecule has 3 aromatic rings. The van der Waals surface area contributed by atoms with Gasteiger partial charge in [0.2, 0.25) is 0 Å². The van der Waals surface area contributed by atoms with Crippen molar-refractivity contribution in [2.75, 3.05) is 62.2 Å². The average Bonchev–Trinajstić information content (AvgIpc) is 3.51. The quantitative estimate of drug-likeness (QED) is 0.538. The van der Waals surface area contributed by atoms with Crippen LogP contribution >= 0.6 is 11.6 Å². The van der Waals surface area contributed by atoms with Gasteiger partial charge in [-0.05, 0) is 50.9 Å². The highest BCUT2D eigenvalue weighted by molar-refractivity contribution is 6.31. The fourth-order valence-electron chi connectivity index (χ4n) is 5.09. The lowest BCUT2D eigenvalue weighted by Crippen LogP contribution is -2.47. The number of hydrogen-bond acceptors (Lipinski definition) is 7. The molecule has 1 aromatic carbocycles. The fraction of sp³-hybridized carbons (Fsp3) is 0.560. The zero-order chi connectivity index (χ0) is 23.7. The molecule has 2 aliphatic rings. The van der Waals surface area contributed by atoms with E-state index >= 15 is 0 Å². The molecule has 0 amide bonds. The van der Waals surface area contributed by atoms with Crippen molar-refractivity contribution in [2.24, 2.45) is 0 Å². The maximum atomic E-state index is 6.52. The Kier molecular flexibility index (Phi) is 6.79. The van der Waals surface area contributed by atoms with Crippen LogP contribution in [-0.4, -0.2) is 77.5 Å². The van der Waals surface area contributed by atoms with Gasteiger partial charge < -0.3 is 14.5 Å². The number of piperazine rings is 1. The summed E-state index contributed by atoms with van der Waals surface area (Å²) in [5.41, 5.74) is 4.13. The summed E-state index contributed by atoms with van der Waals surface area (Å²) in [6, 6.07) is 4.01. The number of rotatable bonds is 7. The molecule has 0 unspecified atom stereocenters. The number of anilines is 2. The molecule has 1 N–H and O–H groups in total. The van der Waals surface area contributed by atoms with E-state index in [9.17, 15) is 0 Å². The van der Waals surface area contributed by atoms with Gasteiger partial charge in [0.15, 0.2) is 5.65 Å². The third-order valence-electron chi connectivity index (χ3n) is 7.02. The van der Waals surface area contributed by atoms with Gasteiger partial charge in [-0.3, -0.25) is 10.00 Å². The molecule has 34 heavy (non-hydrogen) atoms. The Morgan fingerprint density at radius 3 is 2.50 bits per heavy atom. The van der Waals surface area contributed by atoms with Gasteiger partial charge in [0.05, 0.1) is 11.1 Å². The molecule has 2 saturated heterocycles. The van der Waals surface area contributed by atoms with E-state index in [-0.39, 0.29) is 0 Å². The van der Waals surface area contributed by atoms with Crippen molar-refractivity contribution in [1.82, 2.24) is 25.1 Å². The molecule has 0 spiro atoms. The van der Waals surface area contributed by atoms with Gasteiger partial charge >= 0.3 is 0 Å². The van der Waals surface area contributed by atoms with Crippen LogP contribution in [-0.2, 0) is 0 Å². The molecule has 0 atom stereocenters. The molecule has 2 aromatic heterocycles. The highest BCUT2D eigenvalue weighted by atomic mass is 35.5. The lowest BCUT2D eigenvalue weighted by Gasteiger charge is -2.38. The lowest BCUT2D eigenvalue weighted by atomic mass is 10.1. The fourth-order valence-corrected chi connectivity index (χ4v) is 5.29. The Morgan fingerprint density at radius 1 is 1.03 bits per heavy atom. The Balaban J connectivity index is 1.29. The van der Waals surface area contributed by atoms with Crippen molar-refractivity contribution >= 4 is 34.1 Å². The summed E-state index contributed by atoms with van der Waals surface area (Å²) < 4.78 is 6.19. The normalized spacial score (nSPS) is 17.3. The predicted molar refractivity (Wildman–Crippen MR) is 138 cm³/mol. The third kappa shape index (κ3) is 4.66. The molecule has 0 aliphatic carbocycles. The first-order valence-electron chi connectivity index (χ1n) is 12.4. The second-order valence-electron chi connectivity index (χ2n) is 9.61. The highest BCUT2D eigenvalue weighted by Crippen LogP contribution is 2.35. The number of halogens is 1. The Labute approximate surface area is 206 Å². The van der Waals surface area contributed by atoms with Gasteiger partial charge in [-0.1, -0.05) is 25.4 Å². The van der Waals surface area contributed by atoms with Crippen molar-refractivity contribution in [2.45, 2.75) is 39.5 Å². The SMILES string of the molecule is Cc1c(OCCN2CCCC2)cc(Cl)cc1N1CCN(c2ncnc3n[nH]c(C(C)C)c23)CC1. The van der Waals surface area contributed by atoms with Gasteiger partial charge in [0.25, 0.3) is 0 Å². The van der Waals surface area contributed by atoms with Crippen molar-refractivity contribution in [3.63, 3.8) is 0 Å². The summed E-state index contributed by atoms with van der Waals surface area (Å²) in [5.74, 6) is 2.19. The number of nitrogens with one attached hydrogen (secondary N) is 1. The number of aromatic amines is 1. The smallest absolute Gasteiger partial charge is 0.186 e. The molecule has 0 bridgehead atoms. The Hall–Kier alpha value is -2.58. The molecule has 8 nitrogen and oxygen atoms in total. The summed E-state index contributed by atoms with van der Waals surface area (Å²) in [7, 11) is 0. The van der Waals surface area contributed by atoms with Crippen LogP contribution in [0.2, 0.25) is 5.02 Å². The molecule has 182 valence electrons. The van der Waals surface area contributed by atoms with E-state index in [2.05, 4.69) is 61.7 Å². The summed E-state index contributed by atoms with van der Waals surface area (Å²) in [6.45, 7) is 14.0. The van der Waals surface area contributed by atoms with E-state index < -0.39 is 0 Å². The molecule has 2 aliphatic heterocycles. The van der Waals surface area contributed by atoms with E-state index in [4.69, 9.17) is 16.3 Å². The van der Waals surface area contributed by atoms with Crippen LogP contribution in [0.15, 0.2) is 18.5 Å². The first-order chi connectivity index (χ1) is 16.5. The molecule has 5 rings (SSSR count). The first-order valence-corrected chi connectivity index (χ1v) is 12.7. The maximum Gasteiger partial charge on any atom is 0.186 e. The number of fused-ring (bicyclic) bond motifs is 1. The van der Waals surface area contributed by atoms with E-state index in [1.54, 1.807) is 6.33 Å². The van der Waals surface area contributed by atoms with E-state index in [1.165, 1.54) is 25.9 Å². The van der Waals surface area contributed by atoms with Crippen LogP contribution in [0.25, 0.3) is 11.0 Å². The number of likely N-dealkylation sites (tertiary alicyclic amines) is 1. The number of hydrogen-bond donors (Lipinski definition) is 1. The molecular formula is C25H34ClN7O. The van der Waals surface area contributed by atoms with Crippen LogP contribution in [0.3, 0.4) is 0 Å². The minimum atomic E-state index is 0.328. The van der Waals surface area contributed by atoms with Crippen LogP contribution < -0.4 is 14.5 Å². The second-order valence-corrected chi connectivity index (χ2v) is 10.0. The molecule has 0 saturated carbocycles. The summed E-state index contributed by atoms with van der Waals surface area (Å²) in [6.07, 6.45) is 4.21. The van der Waals surface area contributed by atoms with Gasteiger partial charge in [0, 0.05) is 49.0 Å². The number of aromatic nitrogens is 4. The molecule has 0 radical (unpaired) electrons. The number of nitrogens with zero attached hydrogens (tertiary/aromatic N) is 6. The van der Waals surface area contributed by atoms with Crippen LogP contribution in [0.4, 0.5) is 11.5 Å². The maximum absolute atomic E-state index is 6.52. The average molecular weight is 484 g/mol. The van der Waals surface area contributed by atoms with E-state index in [0.29, 0.717) is 12.5 Å². The van der Waals surface area contributed by atoms with Crippen molar-refractivity contribution < 1.29 is 4.74 Å². The molecule has 2 fully saturated rings. The largest absolute Gasteiger partial charge is 0.492 e. The van der Waals surface area contributed by atoms with Crippen LogP contribution in [0, 0.1) is 6.92 Å². The van der Waals surface area contributed by atoms with Crippen molar-refractivity contribution in [1.29, 1.82) is 0 Å². The summed E-state index contributed by atoms with van der Waals surface area (Å²) in [4.78, 5) is 16.2. The minimum absolute atomic E-state index is 0.328. The van der Waals surface area contributed by atoms with Crippen LogP contribution in [0.5, 0.6) is 5.75 Å². The molecule has 4 heterocycles. The zero-order valence-corrected chi connectivity index (χ0v) is 21.1. The first kappa shape index (κ1) is 23.2. The monoisotopic (exact) mass is 483 g/mol. The van der Waals surface area contributed by atoms with E-state index in [1.807, 2.05) is 6.07 Å². The standard InChI is InChI=1S/C25H34ClN7O/c1-17(2)23-22-24(30-29-23)27-16-28-25(22)33-10-8-32(9-11-33)20-14-19(26)15-21(18(20)3)34-13-12-31-6-4-5-7-31/h14-17H,4-13H2,1-3H3,(H,27,28,29,30). The third-order valence-corrected chi connectivity index (χ3v) is 7.24. The topological polar surface area (TPSA) is 73.4 Å². The minimum Gasteiger partial charge on any atom is -0.492 e. The van der Waals surface area contributed by atoms with Gasteiger partial charge in [-0.15, -0.1) is 0 Å². The Bertz CT molecular complexity index is 1130. The summed E-state index contributed by atoms with van der Waals surface area (Å²) in [5, 5.41) is 9.31. The van der Waals surface area contributed by atoms with Gasteiger partial charge in [-0.25, -0.2) is 9.97 Å². The van der Waals surface area contributed by atoms with Gasteiger partial charge in [-0.2, -0.15) is 5.10 Å².